The van der Waals surface area contributed by atoms with Crippen LogP contribution in [0.5, 0.6) is 0 Å². The number of nitro groups is 1. The van der Waals surface area contributed by atoms with E-state index in [-0.39, 0.29) is 23.2 Å². The van der Waals surface area contributed by atoms with Gasteiger partial charge in [0.05, 0.1) is 15.4 Å². The van der Waals surface area contributed by atoms with Gasteiger partial charge in [0.2, 0.25) is 0 Å². The molecule has 0 heterocycles. The quantitative estimate of drug-likeness (QED) is 0.351. The average molecular weight is 380 g/mol. The number of amides is 1. The number of nitrogens with zero attached hydrogens (tertiary/aromatic N) is 1. The zero-order valence-electron chi connectivity index (χ0n) is 15.2. The predicted molar refractivity (Wildman–Crippen MR) is 99.3 cm³/mol. The van der Waals surface area contributed by atoms with Crippen molar-refractivity contribution < 1.29 is 19.2 Å². The van der Waals surface area contributed by atoms with Crippen LogP contribution in [0.15, 0.2) is 23.1 Å². The van der Waals surface area contributed by atoms with E-state index in [0.29, 0.717) is 10.8 Å². The first-order chi connectivity index (χ1) is 12.3. The maximum Gasteiger partial charge on any atom is 0.339 e. The Morgan fingerprint density at radius 3 is 2.65 bits per heavy atom. The summed E-state index contributed by atoms with van der Waals surface area (Å²) in [5.41, 5.74) is -0.0970. The van der Waals surface area contributed by atoms with Gasteiger partial charge >= 0.3 is 5.97 Å². The van der Waals surface area contributed by atoms with E-state index < -0.39 is 17.0 Å². The van der Waals surface area contributed by atoms with Crippen LogP contribution in [0.4, 0.5) is 5.69 Å². The molecule has 0 bridgehead atoms. The Bertz CT molecular complexity index is 694. The highest BCUT2D eigenvalue weighted by Gasteiger charge is 2.27. The van der Waals surface area contributed by atoms with E-state index in [1.165, 1.54) is 43.3 Å². The van der Waals surface area contributed by atoms with Crippen LogP contribution in [0.1, 0.15) is 49.9 Å². The normalized spacial score (nSPS) is 20.9. The molecule has 3 atom stereocenters. The number of rotatable bonds is 6. The third kappa shape index (κ3) is 4.97. The maximum atomic E-state index is 12.3. The number of carbonyl (C=O) groups is 2. The molecule has 1 aromatic rings. The fraction of sp³-hybridized carbons (Fsp3) is 0.556. The number of benzene rings is 1. The van der Waals surface area contributed by atoms with Crippen molar-refractivity contribution in [1.82, 2.24) is 5.32 Å². The van der Waals surface area contributed by atoms with E-state index >= 15 is 0 Å². The van der Waals surface area contributed by atoms with Crippen LogP contribution in [-0.2, 0) is 9.53 Å². The number of hydrogen-bond acceptors (Lipinski definition) is 6. The number of esters is 1. The molecule has 1 aromatic carbocycles. The molecule has 0 aliphatic heterocycles. The fourth-order valence-corrected chi connectivity index (χ4v) is 3.62. The van der Waals surface area contributed by atoms with Gasteiger partial charge in [-0.05, 0) is 44.1 Å². The number of nitrogens with one attached hydrogen (secondary N) is 1. The molecule has 1 saturated carbocycles. The standard InChI is InChI=1S/C18H24N2O5S/c1-11-6-4-5-7-14(11)19-17(21)12(2)25-18(22)13-8-9-16(26-3)15(10-13)20(23)24/h8-12,14H,4-7H2,1-3H3,(H,19,21)/t11-,12-,14+/m1/s1. The molecule has 1 amide bonds. The van der Waals surface area contributed by atoms with Crippen LogP contribution in [-0.4, -0.2) is 35.2 Å². The smallest absolute Gasteiger partial charge is 0.339 e. The van der Waals surface area contributed by atoms with E-state index in [2.05, 4.69) is 12.2 Å². The lowest BCUT2D eigenvalue weighted by Crippen LogP contribution is -2.45. The van der Waals surface area contributed by atoms with Crippen LogP contribution in [0, 0.1) is 16.0 Å². The molecule has 0 radical (unpaired) electrons. The summed E-state index contributed by atoms with van der Waals surface area (Å²) in [6.07, 6.45) is 5.01. The molecule has 8 heteroatoms. The Hall–Kier alpha value is -2.09. The second-order valence-electron chi connectivity index (χ2n) is 6.57. The van der Waals surface area contributed by atoms with E-state index in [0.717, 1.165) is 19.3 Å². The van der Waals surface area contributed by atoms with Gasteiger partial charge in [-0.15, -0.1) is 11.8 Å². The molecule has 0 aromatic heterocycles. The van der Waals surface area contributed by atoms with Crippen molar-refractivity contribution in [2.45, 2.75) is 56.6 Å². The number of ether oxygens (including phenoxy) is 1. The van der Waals surface area contributed by atoms with Crippen LogP contribution in [0.25, 0.3) is 0 Å². The monoisotopic (exact) mass is 380 g/mol. The Kier molecular flexibility index (Phi) is 7.02. The summed E-state index contributed by atoms with van der Waals surface area (Å²) < 4.78 is 5.20. The lowest BCUT2D eigenvalue weighted by atomic mass is 9.86. The minimum Gasteiger partial charge on any atom is -0.449 e. The van der Waals surface area contributed by atoms with Gasteiger partial charge in [-0.1, -0.05) is 19.8 Å². The first-order valence-corrected chi connectivity index (χ1v) is 9.89. The predicted octanol–water partition coefficient (Wildman–Crippen LogP) is 3.56. The molecule has 1 aliphatic carbocycles. The van der Waals surface area contributed by atoms with E-state index in [1.807, 2.05) is 0 Å². The number of hydrogen-bond donors (Lipinski definition) is 1. The molecule has 1 aliphatic rings. The van der Waals surface area contributed by atoms with Gasteiger partial charge in [-0.3, -0.25) is 14.9 Å². The molecule has 7 nitrogen and oxygen atoms in total. The Morgan fingerprint density at radius 2 is 2.04 bits per heavy atom. The minimum absolute atomic E-state index is 0.0557. The highest BCUT2D eigenvalue weighted by Crippen LogP contribution is 2.28. The SMILES string of the molecule is CSc1ccc(C(=O)O[C@H](C)C(=O)N[C@H]2CCCC[C@H]2C)cc1[N+](=O)[O-]. The van der Waals surface area contributed by atoms with Crippen LogP contribution >= 0.6 is 11.8 Å². The molecule has 2 rings (SSSR count). The van der Waals surface area contributed by atoms with Gasteiger partial charge in [0.15, 0.2) is 6.10 Å². The molecule has 1 N–H and O–H groups in total. The third-order valence-corrected chi connectivity index (χ3v) is 5.49. The number of nitro benzene ring substituents is 1. The van der Waals surface area contributed by atoms with Crippen LogP contribution in [0.3, 0.4) is 0 Å². The Balaban J connectivity index is 2.01. The highest BCUT2D eigenvalue weighted by molar-refractivity contribution is 7.98. The van der Waals surface area contributed by atoms with Gasteiger partial charge in [0, 0.05) is 12.1 Å². The second-order valence-corrected chi connectivity index (χ2v) is 7.42. The molecule has 0 unspecified atom stereocenters. The number of thioether (sulfide) groups is 1. The van der Waals surface area contributed by atoms with Crippen molar-refractivity contribution in [1.29, 1.82) is 0 Å². The summed E-state index contributed by atoms with van der Waals surface area (Å²) in [7, 11) is 0. The van der Waals surface area contributed by atoms with Crippen molar-refractivity contribution in [2.24, 2.45) is 5.92 Å². The molecule has 142 valence electrons. The average Bonchev–Trinajstić information content (AvgIpc) is 2.62. The van der Waals surface area contributed by atoms with E-state index in [9.17, 15) is 19.7 Å². The minimum atomic E-state index is -0.962. The summed E-state index contributed by atoms with van der Waals surface area (Å²) in [4.78, 5) is 35.6. The van der Waals surface area contributed by atoms with Crippen molar-refractivity contribution >= 4 is 29.3 Å². The van der Waals surface area contributed by atoms with Crippen molar-refractivity contribution in [3.05, 3.63) is 33.9 Å². The molecular weight excluding hydrogens is 356 g/mol. The van der Waals surface area contributed by atoms with Crippen molar-refractivity contribution in [2.75, 3.05) is 6.26 Å². The van der Waals surface area contributed by atoms with Crippen molar-refractivity contribution in [3.63, 3.8) is 0 Å². The van der Waals surface area contributed by atoms with Gasteiger partial charge in [-0.2, -0.15) is 0 Å². The lowest BCUT2D eigenvalue weighted by molar-refractivity contribution is -0.387. The lowest BCUT2D eigenvalue weighted by Gasteiger charge is -2.30. The van der Waals surface area contributed by atoms with E-state index in [1.54, 1.807) is 6.26 Å². The molecule has 0 spiro atoms. The molecular formula is C18H24N2O5S. The third-order valence-electron chi connectivity index (χ3n) is 4.70. The fourth-order valence-electron chi connectivity index (χ4n) is 3.07. The van der Waals surface area contributed by atoms with Gasteiger partial charge in [0.1, 0.15) is 0 Å². The zero-order chi connectivity index (χ0) is 19.3. The topological polar surface area (TPSA) is 98.5 Å². The van der Waals surface area contributed by atoms with Gasteiger partial charge in [0.25, 0.3) is 11.6 Å². The van der Waals surface area contributed by atoms with Gasteiger partial charge in [-0.25, -0.2) is 4.79 Å². The first-order valence-electron chi connectivity index (χ1n) is 8.67. The summed E-state index contributed by atoms with van der Waals surface area (Å²) in [5.74, 6) is -0.690. The Labute approximate surface area is 157 Å². The Morgan fingerprint density at radius 1 is 1.35 bits per heavy atom. The first kappa shape index (κ1) is 20.2. The summed E-state index contributed by atoms with van der Waals surface area (Å²) in [6, 6.07) is 4.25. The van der Waals surface area contributed by atoms with Crippen molar-refractivity contribution in [3.8, 4) is 0 Å². The van der Waals surface area contributed by atoms with Gasteiger partial charge < -0.3 is 10.1 Å². The molecule has 0 saturated heterocycles. The largest absolute Gasteiger partial charge is 0.449 e. The van der Waals surface area contributed by atoms with E-state index in [4.69, 9.17) is 4.74 Å². The maximum absolute atomic E-state index is 12.3. The molecule has 26 heavy (non-hydrogen) atoms. The second kappa shape index (κ2) is 9.02. The highest BCUT2D eigenvalue weighted by atomic mass is 32.2. The van der Waals surface area contributed by atoms with Crippen LogP contribution in [0.2, 0.25) is 0 Å². The summed E-state index contributed by atoms with van der Waals surface area (Å²) in [5, 5.41) is 14.1. The van der Waals surface area contributed by atoms with Crippen LogP contribution < -0.4 is 5.32 Å². The zero-order valence-corrected chi connectivity index (χ0v) is 16.0. The summed E-state index contributed by atoms with van der Waals surface area (Å²) in [6.45, 7) is 3.61. The number of carbonyl (C=O) groups excluding carboxylic acids is 2. The molecule has 1 fully saturated rings. The summed E-state index contributed by atoms with van der Waals surface area (Å²) >= 11 is 1.22.